The molecule has 0 radical (unpaired) electrons. The van der Waals surface area contributed by atoms with E-state index in [2.05, 4.69) is 15.0 Å². The molecule has 150 valence electrons. The van der Waals surface area contributed by atoms with E-state index in [4.69, 9.17) is 5.73 Å². The maximum absolute atomic E-state index is 12.9. The van der Waals surface area contributed by atoms with E-state index in [9.17, 15) is 19.8 Å². The number of aliphatic carboxylic acids is 1. The normalized spacial score (nSPS) is 24.1. The first-order valence-electron chi connectivity index (χ1n) is 9.49. The first kappa shape index (κ1) is 18.6. The summed E-state index contributed by atoms with van der Waals surface area (Å²) in [5.74, 6) is -0.708. The molecule has 2 atom stereocenters. The third-order valence-corrected chi connectivity index (χ3v) is 6.07. The summed E-state index contributed by atoms with van der Waals surface area (Å²) in [5.41, 5.74) is 6.34. The van der Waals surface area contributed by atoms with Crippen LogP contribution in [0.4, 0.5) is 5.82 Å². The highest BCUT2D eigenvalue weighted by molar-refractivity contribution is 5.81. The minimum atomic E-state index is -0.865. The van der Waals surface area contributed by atoms with E-state index in [1.54, 1.807) is 15.8 Å². The fourth-order valence-electron chi connectivity index (χ4n) is 4.65. The van der Waals surface area contributed by atoms with Crippen LogP contribution >= 0.6 is 0 Å². The second-order valence-corrected chi connectivity index (χ2v) is 7.97. The van der Waals surface area contributed by atoms with Crippen LogP contribution in [0.3, 0.4) is 0 Å². The topological polar surface area (TPSA) is 147 Å². The molecule has 10 nitrogen and oxygen atoms in total. The SMILES string of the molecule is Nc1ncnc2c1ncn2[C@@H]1CN(C(=O)CC2(CC(=O)O)CCCC2)C[C@H]1O. The summed E-state index contributed by atoms with van der Waals surface area (Å²) < 4.78 is 1.73. The molecule has 2 aromatic heterocycles. The Morgan fingerprint density at radius 2 is 1.93 bits per heavy atom. The molecule has 1 amide bonds. The van der Waals surface area contributed by atoms with Crippen LogP contribution in [-0.2, 0) is 9.59 Å². The second kappa shape index (κ2) is 7.01. The van der Waals surface area contributed by atoms with Gasteiger partial charge < -0.3 is 25.4 Å². The van der Waals surface area contributed by atoms with Crippen LogP contribution in [0.5, 0.6) is 0 Å². The largest absolute Gasteiger partial charge is 0.481 e. The van der Waals surface area contributed by atoms with Gasteiger partial charge in [0.15, 0.2) is 11.5 Å². The lowest BCUT2D eigenvalue weighted by Crippen LogP contribution is -2.35. The average molecular weight is 388 g/mol. The number of aliphatic hydroxyl groups excluding tert-OH is 1. The lowest BCUT2D eigenvalue weighted by Gasteiger charge is -2.29. The summed E-state index contributed by atoms with van der Waals surface area (Å²) >= 11 is 0. The van der Waals surface area contributed by atoms with E-state index in [1.165, 1.54) is 6.33 Å². The number of β-amino-alcohol motifs (C(OH)–C–C–N with tert-alkyl or cyclic N) is 1. The van der Waals surface area contributed by atoms with Gasteiger partial charge in [0.2, 0.25) is 5.91 Å². The molecule has 28 heavy (non-hydrogen) atoms. The lowest BCUT2D eigenvalue weighted by atomic mass is 9.79. The van der Waals surface area contributed by atoms with Crippen molar-refractivity contribution in [2.24, 2.45) is 5.41 Å². The molecule has 3 heterocycles. The molecule has 2 aliphatic rings. The number of nitrogen functional groups attached to an aromatic ring is 1. The fraction of sp³-hybridized carbons (Fsp3) is 0.611. The number of aromatic nitrogens is 4. The summed E-state index contributed by atoms with van der Waals surface area (Å²) in [6, 6.07) is -0.387. The number of aliphatic hydroxyl groups is 1. The summed E-state index contributed by atoms with van der Waals surface area (Å²) in [6.07, 6.45) is 5.77. The zero-order chi connectivity index (χ0) is 19.9. The fourth-order valence-corrected chi connectivity index (χ4v) is 4.65. The Balaban J connectivity index is 1.51. The number of carbonyl (C=O) groups is 2. The zero-order valence-electron chi connectivity index (χ0n) is 15.5. The van der Waals surface area contributed by atoms with Gasteiger partial charge in [0, 0.05) is 19.5 Å². The maximum atomic E-state index is 12.9. The number of anilines is 1. The second-order valence-electron chi connectivity index (χ2n) is 7.97. The number of nitrogens with two attached hydrogens (primary N) is 1. The summed E-state index contributed by atoms with van der Waals surface area (Å²) in [4.78, 5) is 38.2. The van der Waals surface area contributed by atoms with Crippen LogP contribution < -0.4 is 5.73 Å². The van der Waals surface area contributed by atoms with E-state index in [0.29, 0.717) is 17.7 Å². The minimum absolute atomic E-state index is 0.0148. The maximum Gasteiger partial charge on any atom is 0.303 e. The Labute approximate surface area is 161 Å². The van der Waals surface area contributed by atoms with Crippen molar-refractivity contribution in [2.75, 3.05) is 18.8 Å². The van der Waals surface area contributed by atoms with E-state index >= 15 is 0 Å². The number of amides is 1. The molecule has 0 bridgehead atoms. The highest BCUT2D eigenvalue weighted by atomic mass is 16.4. The van der Waals surface area contributed by atoms with E-state index in [1.807, 2.05) is 0 Å². The van der Waals surface area contributed by atoms with Crippen molar-refractivity contribution >= 4 is 28.9 Å². The third-order valence-electron chi connectivity index (χ3n) is 6.07. The predicted octanol–water partition coefficient (Wildman–Crippen LogP) is 0.578. The molecular weight excluding hydrogens is 364 g/mol. The molecule has 0 aromatic carbocycles. The first-order valence-corrected chi connectivity index (χ1v) is 9.49. The van der Waals surface area contributed by atoms with Crippen LogP contribution in [0.1, 0.15) is 44.6 Å². The number of hydrogen-bond donors (Lipinski definition) is 3. The van der Waals surface area contributed by atoms with Crippen molar-refractivity contribution in [1.29, 1.82) is 0 Å². The summed E-state index contributed by atoms with van der Waals surface area (Å²) in [5, 5.41) is 19.8. The number of fused-ring (bicyclic) bond motifs is 1. The highest BCUT2D eigenvalue weighted by Crippen LogP contribution is 2.44. The number of carboxylic acids is 1. The quantitative estimate of drug-likeness (QED) is 0.674. The molecule has 4 rings (SSSR count). The molecule has 1 aliphatic heterocycles. The molecule has 10 heteroatoms. The van der Waals surface area contributed by atoms with E-state index < -0.39 is 17.5 Å². The van der Waals surface area contributed by atoms with E-state index in [0.717, 1.165) is 25.7 Å². The predicted molar refractivity (Wildman–Crippen MR) is 99.1 cm³/mol. The summed E-state index contributed by atoms with van der Waals surface area (Å²) in [7, 11) is 0. The van der Waals surface area contributed by atoms with Crippen LogP contribution in [0, 0.1) is 5.41 Å². The van der Waals surface area contributed by atoms with E-state index in [-0.39, 0.29) is 37.2 Å². The summed E-state index contributed by atoms with van der Waals surface area (Å²) in [6.45, 7) is 0.519. The number of likely N-dealkylation sites (tertiary alicyclic amines) is 1. The molecule has 4 N–H and O–H groups in total. The van der Waals surface area contributed by atoms with Crippen molar-refractivity contribution in [1.82, 2.24) is 24.4 Å². The monoisotopic (exact) mass is 388 g/mol. The molecule has 2 fully saturated rings. The van der Waals surface area contributed by atoms with Crippen molar-refractivity contribution in [2.45, 2.75) is 50.7 Å². The molecule has 1 aliphatic carbocycles. The number of carboxylic acid groups (broad SMARTS) is 1. The van der Waals surface area contributed by atoms with Gasteiger partial charge in [-0.15, -0.1) is 0 Å². The van der Waals surface area contributed by atoms with Gasteiger partial charge in [0.25, 0.3) is 0 Å². The smallest absolute Gasteiger partial charge is 0.303 e. The average Bonchev–Trinajstić information content (AvgIpc) is 3.33. The van der Waals surface area contributed by atoms with Crippen LogP contribution in [0.15, 0.2) is 12.7 Å². The molecule has 1 saturated heterocycles. The lowest BCUT2D eigenvalue weighted by molar-refractivity contribution is -0.141. The van der Waals surface area contributed by atoms with Crippen LogP contribution in [0.2, 0.25) is 0 Å². The molecule has 0 unspecified atom stereocenters. The third kappa shape index (κ3) is 3.28. The van der Waals surface area contributed by atoms with Gasteiger partial charge in [-0.05, 0) is 18.3 Å². The van der Waals surface area contributed by atoms with Gasteiger partial charge in [-0.1, -0.05) is 12.8 Å². The van der Waals surface area contributed by atoms with Crippen molar-refractivity contribution in [3.63, 3.8) is 0 Å². The van der Waals surface area contributed by atoms with Gasteiger partial charge in [-0.2, -0.15) is 0 Å². The van der Waals surface area contributed by atoms with Crippen LogP contribution in [-0.4, -0.2) is 65.7 Å². The van der Waals surface area contributed by atoms with Crippen molar-refractivity contribution in [3.05, 3.63) is 12.7 Å². The highest BCUT2D eigenvalue weighted by Gasteiger charge is 2.42. The standard InChI is InChI=1S/C18H24N6O4/c19-16-15-17(21-9-20-16)24(10-22-15)11-7-23(8-12(11)25)13(26)5-18(6-14(27)28)3-1-2-4-18/h9-12,25H,1-8H2,(H,27,28)(H2,19,20,21)/t11-,12-/m1/s1. The van der Waals surface area contributed by atoms with Gasteiger partial charge >= 0.3 is 5.97 Å². The van der Waals surface area contributed by atoms with Gasteiger partial charge in [0.1, 0.15) is 11.8 Å². The molecule has 2 aromatic rings. The Bertz CT molecular complexity index is 907. The number of carbonyl (C=O) groups excluding carboxylic acids is 1. The van der Waals surface area contributed by atoms with Crippen molar-refractivity contribution in [3.8, 4) is 0 Å². The Kier molecular flexibility index (Phi) is 4.66. The number of imidazole rings is 1. The number of hydrogen-bond acceptors (Lipinski definition) is 7. The number of rotatable bonds is 5. The molecule has 0 spiro atoms. The van der Waals surface area contributed by atoms with Gasteiger partial charge in [0.05, 0.1) is 24.9 Å². The Morgan fingerprint density at radius 1 is 1.18 bits per heavy atom. The first-order chi connectivity index (χ1) is 13.4. The molecular formula is C18H24N6O4. The Morgan fingerprint density at radius 3 is 2.64 bits per heavy atom. The number of nitrogens with zero attached hydrogens (tertiary/aromatic N) is 5. The van der Waals surface area contributed by atoms with Crippen LogP contribution in [0.25, 0.3) is 11.2 Å². The zero-order valence-corrected chi connectivity index (χ0v) is 15.5. The molecule has 1 saturated carbocycles. The van der Waals surface area contributed by atoms with Crippen molar-refractivity contribution < 1.29 is 19.8 Å². The minimum Gasteiger partial charge on any atom is -0.481 e. The Hall–Kier alpha value is -2.75. The van der Waals surface area contributed by atoms with Gasteiger partial charge in [-0.25, -0.2) is 15.0 Å². The van der Waals surface area contributed by atoms with Gasteiger partial charge in [-0.3, -0.25) is 9.59 Å².